The van der Waals surface area contributed by atoms with E-state index in [0.717, 1.165) is 0 Å². The predicted octanol–water partition coefficient (Wildman–Crippen LogP) is 1.88. The van der Waals surface area contributed by atoms with Gasteiger partial charge in [-0.1, -0.05) is 0 Å². The number of nitrogens with two attached hydrogens (primary N) is 1. The van der Waals surface area contributed by atoms with Crippen LogP contribution in [0.1, 0.15) is 51.8 Å². The zero-order valence-corrected chi connectivity index (χ0v) is 9.46. The normalized spacial score (nSPS) is 9.94. The van der Waals surface area contributed by atoms with E-state index in [9.17, 15) is 14.4 Å². The van der Waals surface area contributed by atoms with Gasteiger partial charge in [0.25, 0.3) is 0 Å². The van der Waals surface area contributed by atoms with Crippen molar-refractivity contribution in [1.82, 2.24) is 0 Å². The molecule has 4 nitrogen and oxygen atoms in total. The number of nitrogen functional groups attached to an aromatic ring is 1. The van der Waals surface area contributed by atoms with Gasteiger partial charge in [-0.05, 0) is 32.9 Å². The highest BCUT2D eigenvalue weighted by atomic mass is 16.1. The molecule has 1 aromatic rings. The van der Waals surface area contributed by atoms with Crippen molar-refractivity contribution < 1.29 is 14.4 Å². The number of hydrogen-bond acceptors (Lipinski definition) is 4. The first-order chi connectivity index (χ1) is 7.34. The van der Waals surface area contributed by atoms with Crippen molar-refractivity contribution in [2.75, 3.05) is 5.73 Å². The summed E-state index contributed by atoms with van der Waals surface area (Å²) in [6, 6.07) is 2.84. The molecule has 0 atom stereocenters. The molecule has 0 fully saturated rings. The van der Waals surface area contributed by atoms with Crippen molar-refractivity contribution in [3.05, 3.63) is 28.8 Å². The minimum Gasteiger partial charge on any atom is -0.399 e. The summed E-state index contributed by atoms with van der Waals surface area (Å²) in [6.45, 7) is 4.00. The monoisotopic (exact) mass is 219 g/mol. The van der Waals surface area contributed by atoms with Gasteiger partial charge in [-0.15, -0.1) is 0 Å². The number of Topliss-reactive ketones (excluding diaryl/α,β-unsaturated/α-hetero) is 3. The molecular weight excluding hydrogens is 206 g/mol. The van der Waals surface area contributed by atoms with Gasteiger partial charge in [0.05, 0.1) is 0 Å². The highest BCUT2D eigenvalue weighted by Gasteiger charge is 2.19. The third-order valence-electron chi connectivity index (χ3n) is 2.27. The first-order valence-electron chi connectivity index (χ1n) is 4.81. The Balaban J connectivity index is 3.67. The molecule has 0 aliphatic heterocycles. The summed E-state index contributed by atoms with van der Waals surface area (Å²) in [5.41, 5.74) is 6.47. The summed E-state index contributed by atoms with van der Waals surface area (Å²) in [5.74, 6) is -0.865. The second kappa shape index (κ2) is 4.26. The summed E-state index contributed by atoms with van der Waals surface area (Å²) in [5, 5.41) is 0. The van der Waals surface area contributed by atoms with E-state index < -0.39 is 0 Å². The molecule has 0 radical (unpaired) electrons. The zero-order chi connectivity index (χ0) is 12.5. The lowest BCUT2D eigenvalue weighted by Crippen LogP contribution is -2.12. The van der Waals surface area contributed by atoms with Crippen molar-refractivity contribution in [3.8, 4) is 0 Å². The zero-order valence-electron chi connectivity index (χ0n) is 9.46. The van der Waals surface area contributed by atoms with E-state index in [1.807, 2.05) is 0 Å². The number of anilines is 1. The molecule has 1 aromatic carbocycles. The average Bonchev–Trinajstić information content (AvgIpc) is 2.15. The Hall–Kier alpha value is -1.97. The molecule has 0 heterocycles. The lowest BCUT2D eigenvalue weighted by Gasteiger charge is -2.09. The minimum absolute atomic E-state index is 0.161. The Bertz CT molecular complexity index is 454. The van der Waals surface area contributed by atoms with E-state index in [1.54, 1.807) is 0 Å². The molecular formula is C12H13NO3. The molecule has 0 saturated heterocycles. The molecule has 4 heteroatoms. The van der Waals surface area contributed by atoms with Crippen LogP contribution in [-0.2, 0) is 0 Å². The van der Waals surface area contributed by atoms with Gasteiger partial charge >= 0.3 is 0 Å². The van der Waals surface area contributed by atoms with Gasteiger partial charge < -0.3 is 5.73 Å². The van der Waals surface area contributed by atoms with Crippen molar-refractivity contribution in [2.24, 2.45) is 0 Å². The van der Waals surface area contributed by atoms with Gasteiger partial charge in [0, 0.05) is 22.4 Å². The fraction of sp³-hybridized carbons (Fsp3) is 0.250. The number of carbonyl (C=O) groups excluding carboxylic acids is 3. The molecule has 0 spiro atoms. The van der Waals surface area contributed by atoms with Crippen LogP contribution < -0.4 is 5.73 Å². The topological polar surface area (TPSA) is 77.2 Å². The van der Waals surface area contributed by atoms with Crippen LogP contribution in [0.2, 0.25) is 0 Å². The fourth-order valence-corrected chi connectivity index (χ4v) is 1.60. The van der Waals surface area contributed by atoms with Gasteiger partial charge in [-0.3, -0.25) is 14.4 Å². The molecule has 2 N–H and O–H groups in total. The molecule has 0 aromatic heterocycles. The summed E-state index contributed by atoms with van der Waals surface area (Å²) >= 11 is 0. The van der Waals surface area contributed by atoms with Gasteiger partial charge in [0.15, 0.2) is 17.3 Å². The molecule has 0 bridgehead atoms. The highest BCUT2D eigenvalue weighted by Crippen LogP contribution is 2.21. The Labute approximate surface area is 93.4 Å². The second-order valence-corrected chi connectivity index (χ2v) is 3.66. The fourth-order valence-electron chi connectivity index (χ4n) is 1.60. The maximum atomic E-state index is 11.5. The Morgan fingerprint density at radius 2 is 1.25 bits per heavy atom. The van der Waals surface area contributed by atoms with E-state index >= 15 is 0 Å². The largest absolute Gasteiger partial charge is 0.399 e. The first-order valence-corrected chi connectivity index (χ1v) is 4.81. The maximum Gasteiger partial charge on any atom is 0.161 e. The van der Waals surface area contributed by atoms with Crippen molar-refractivity contribution in [2.45, 2.75) is 20.8 Å². The van der Waals surface area contributed by atoms with Crippen LogP contribution in [0, 0.1) is 0 Å². The van der Waals surface area contributed by atoms with Crippen LogP contribution in [0.25, 0.3) is 0 Å². The van der Waals surface area contributed by atoms with Gasteiger partial charge in [0.2, 0.25) is 0 Å². The predicted molar refractivity (Wildman–Crippen MR) is 60.9 cm³/mol. The van der Waals surface area contributed by atoms with Crippen LogP contribution in [0.15, 0.2) is 12.1 Å². The van der Waals surface area contributed by atoms with Crippen molar-refractivity contribution in [3.63, 3.8) is 0 Å². The Kier molecular flexibility index (Phi) is 3.22. The third kappa shape index (κ3) is 2.16. The smallest absolute Gasteiger partial charge is 0.161 e. The van der Waals surface area contributed by atoms with Crippen LogP contribution in [0.5, 0.6) is 0 Å². The molecule has 0 aliphatic rings. The number of hydrogen-bond donors (Lipinski definition) is 1. The van der Waals surface area contributed by atoms with Crippen LogP contribution >= 0.6 is 0 Å². The van der Waals surface area contributed by atoms with Crippen LogP contribution in [0.4, 0.5) is 5.69 Å². The molecule has 0 amide bonds. The lowest BCUT2D eigenvalue weighted by atomic mass is 9.93. The lowest BCUT2D eigenvalue weighted by molar-refractivity contribution is 0.0968. The van der Waals surface area contributed by atoms with E-state index in [2.05, 4.69) is 0 Å². The van der Waals surface area contributed by atoms with Crippen molar-refractivity contribution >= 4 is 23.0 Å². The van der Waals surface area contributed by atoms with E-state index in [4.69, 9.17) is 5.73 Å². The first kappa shape index (κ1) is 12.1. The summed E-state index contributed by atoms with van der Waals surface area (Å²) in [7, 11) is 0. The van der Waals surface area contributed by atoms with E-state index in [-0.39, 0.29) is 34.0 Å². The average molecular weight is 219 g/mol. The highest BCUT2D eigenvalue weighted by molar-refractivity contribution is 6.14. The number of benzene rings is 1. The number of ketones is 3. The number of carbonyl (C=O) groups is 3. The Morgan fingerprint density at radius 3 is 1.50 bits per heavy atom. The molecule has 0 aliphatic carbocycles. The number of rotatable bonds is 3. The summed E-state index contributed by atoms with van der Waals surface area (Å²) in [4.78, 5) is 34.2. The summed E-state index contributed by atoms with van der Waals surface area (Å²) < 4.78 is 0. The third-order valence-corrected chi connectivity index (χ3v) is 2.27. The SMILES string of the molecule is CC(=O)c1cc(N)cc(C(C)=O)c1C(C)=O. The molecule has 16 heavy (non-hydrogen) atoms. The molecule has 1 rings (SSSR count). The van der Waals surface area contributed by atoms with Gasteiger partial charge in [-0.2, -0.15) is 0 Å². The van der Waals surface area contributed by atoms with Crippen molar-refractivity contribution in [1.29, 1.82) is 0 Å². The minimum atomic E-state index is -0.310. The van der Waals surface area contributed by atoms with Crippen LogP contribution in [-0.4, -0.2) is 17.3 Å². The maximum absolute atomic E-state index is 11.5. The Morgan fingerprint density at radius 1 is 0.875 bits per heavy atom. The van der Waals surface area contributed by atoms with E-state index in [1.165, 1.54) is 32.9 Å². The molecule has 0 saturated carbocycles. The quantitative estimate of drug-likeness (QED) is 0.622. The van der Waals surface area contributed by atoms with Gasteiger partial charge in [-0.25, -0.2) is 0 Å². The van der Waals surface area contributed by atoms with Gasteiger partial charge in [0.1, 0.15) is 0 Å². The standard InChI is InChI=1S/C12H13NO3/c1-6(14)10-4-9(13)5-11(7(2)15)12(10)8(3)16/h4-5H,13H2,1-3H3. The molecule has 84 valence electrons. The summed E-state index contributed by atoms with van der Waals surface area (Å²) in [6.07, 6.45) is 0. The second-order valence-electron chi connectivity index (χ2n) is 3.66. The van der Waals surface area contributed by atoms with Crippen LogP contribution in [0.3, 0.4) is 0 Å². The molecule has 0 unspecified atom stereocenters. The van der Waals surface area contributed by atoms with E-state index in [0.29, 0.717) is 5.69 Å².